The van der Waals surface area contributed by atoms with Crippen LogP contribution in [0.25, 0.3) is 10.4 Å². The summed E-state index contributed by atoms with van der Waals surface area (Å²) in [6, 6.07) is 9.59. The highest BCUT2D eigenvalue weighted by Gasteiger charge is 2.05. The van der Waals surface area contributed by atoms with Gasteiger partial charge in [0.15, 0.2) is 0 Å². The summed E-state index contributed by atoms with van der Waals surface area (Å²) in [6.07, 6.45) is 0. The van der Waals surface area contributed by atoms with Gasteiger partial charge in [0.25, 0.3) is 0 Å². The fourth-order valence-corrected chi connectivity index (χ4v) is 2.11. The van der Waals surface area contributed by atoms with E-state index >= 15 is 0 Å². The summed E-state index contributed by atoms with van der Waals surface area (Å²) in [5.74, 6) is 0.00547. The van der Waals surface area contributed by atoms with E-state index in [1.54, 1.807) is 17.4 Å². The highest BCUT2D eigenvalue weighted by Crippen LogP contribution is 2.27. The van der Waals surface area contributed by atoms with E-state index in [2.05, 4.69) is 0 Å². The molecule has 0 amide bonds. The third-order valence-corrected chi connectivity index (χ3v) is 3.07. The van der Waals surface area contributed by atoms with E-state index in [1.807, 2.05) is 29.6 Å². The quantitative estimate of drug-likeness (QED) is 0.410. The van der Waals surface area contributed by atoms with E-state index in [0.717, 1.165) is 10.4 Å². The zero-order valence-corrected chi connectivity index (χ0v) is 8.84. The third-order valence-electron chi connectivity index (χ3n) is 2.15. The van der Waals surface area contributed by atoms with Crippen molar-refractivity contribution in [3.63, 3.8) is 0 Å². The molecule has 1 aromatic carbocycles. The predicted octanol–water partition coefficient (Wildman–Crippen LogP) is 2.28. The molecule has 0 aliphatic heterocycles. The van der Waals surface area contributed by atoms with Crippen LogP contribution in [0, 0.1) is 5.41 Å². The molecule has 0 fully saturated rings. The van der Waals surface area contributed by atoms with E-state index in [-0.39, 0.29) is 5.84 Å². The smallest absolute Gasteiger partial charge is 0.124 e. The van der Waals surface area contributed by atoms with Crippen molar-refractivity contribution < 1.29 is 0 Å². The molecular weight excluding hydrogens is 206 g/mol. The number of hydrogen-bond donors (Lipinski definition) is 3. The molecule has 2 rings (SSSR count). The summed E-state index contributed by atoms with van der Waals surface area (Å²) in [6.45, 7) is 0. The van der Waals surface area contributed by atoms with Crippen molar-refractivity contribution in [2.24, 2.45) is 5.73 Å². The molecular formula is C11H11N3S. The topological polar surface area (TPSA) is 75.9 Å². The molecule has 4 heteroatoms. The minimum absolute atomic E-state index is 0.00547. The first kappa shape index (κ1) is 9.73. The second kappa shape index (κ2) is 3.74. The van der Waals surface area contributed by atoms with Crippen molar-refractivity contribution in [2.45, 2.75) is 0 Å². The number of rotatable bonds is 2. The summed E-state index contributed by atoms with van der Waals surface area (Å²) in [5, 5.41) is 9.41. The summed E-state index contributed by atoms with van der Waals surface area (Å²) in [7, 11) is 0. The second-order valence-corrected chi connectivity index (χ2v) is 4.14. The van der Waals surface area contributed by atoms with Crippen LogP contribution in [0.3, 0.4) is 0 Å². The number of nitrogens with one attached hydrogen (secondary N) is 1. The number of hydrogen-bond acceptors (Lipinski definition) is 3. The first-order valence-electron chi connectivity index (χ1n) is 4.46. The Morgan fingerprint density at radius 3 is 2.67 bits per heavy atom. The van der Waals surface area contributed by atoms with Crippen molar-refractivity contribution in [1.82, 2.24) is 0 Å². The van der Waals surface area contributed by atoms with Gasteiger partial charge in [-0.3, -0.25) is 5.41 Å². The first-order valence-corrected chi connectivity index (χ1v) is 5.34. The van der Waals surface area contributed by atoms with Crippen LogP contribution in [0.15, 0.2) is 35.7 Å². The van der Waals surface area contributed by atoms with Gasteiger partial charge in [-0.05, 0) is 29.1 Å². The summed E-state index contributed by atoms with van der Waals surface area (Å²) in [4.78, 5) is 1.15. The van der Waals surface area contributed by atoms with E-state index in [4.69, 9.17) is 16.9 Å². The van der Waals surface area contributed by atoms with Gasteiger partial charge < -0.3 is 11.5 Å². The standard InChI is InChI=1S/C11H11N3S/c12-9-4-3-7(6-8(9)11(13)14)10-2-1-5-15-10/h1-6H,12H2,(H3,13,14). The zero-order chi connectivity index (χ0) is 10.8. The van der Waals surface area contributed by atoms with Crippen molar-refractivity contribution in [3.8, 4) is 10.4 Å². The molecule has 1 aromatic heterocycles. The molecule has 0 saturated carbocycles. The number of anilines is 1. The SMILES string of the molecule is N=C(N)c1cc(-c2cccs2)ccc1N. The van der Waals surface area contributed by atoms with Crippen LogP contribution < -0.4 is 11.5 Å². The maximum atomic E-state index is 7.40. The zero-order valence-electron chi connectivity index (χ0n) is 8.03. The highest BCUT2D eigenvalue weighted by atomic mass is 32.1. The molecule has 0 radical (unpaired) electrons. The van der Waals surface area contributed by atoms with Gasteiger partial charge in [0.1, 0.15) is 5.84 Å². The molecule has 0 saturated heterocycles. The number of nitrogen functional groups attached to an aromatic ring is 2. The van der Waals surface area contributed by atoms with Gasteiger partial charge >= 0.3 is 0 Å². The van der Waals surface area contributed by atoms with Crippen LogP contribution in [0.5, 0.6) is 0 Å². The van der Waals surface area contributed by atoms with Crippen molar-refractivity contribution in [1.29, 1.82) is 5.41 Å². The molecule has 3 nitrogen and oxygen atoms in total. The lowest BCUT2D eigenvalue weighted by atomic mass is 10.1. The van der Waals surface area contributed by atoms with Gasteiger partial charge in [-0.2, -0.15) is 0 Å². The average molecular weight is 217 g/mol. The summed E-state index contributed by atoms with van der Waals surface area (Å²) < 4.78 is 0. The molecule has 2 aromatic rings. The molecule has 0 aliphatic carbocycles. The number of amidine groups is 1. The molecule has 0 bridgehead atoms. The summed E-state index contributed by atoms with van der Waals surface area (Å²) in [5.41, 5.74) is 13.4. The Morgan fingerprint density at radius 1 is 1.27 bits per heavy atom. The lowest BCUT2D eigenvalue weighted by Gasteiger charge is -2.05. The molecule has 0 unspecified atom stereocenters. The number of thiophene rings is 1. The van der Waals surface area contributed by atoms with Crippen LogP contribution in [-0.4, -0.2) is 5.84 Å². The Morgan fingerprint density at radius 2 is 2.07 bits per heavy atom. The Bertz CT molecular complexity index is 489. The monoisotopic (exact) mass is 217 g/mol. The van der Waals surface area contributed by atoms with Crippen LogP contribution in [0.2, 0.25) is 0 Å². The number of nitrogens with two attached hydrogens (primary N) is 2. The van der Waals surface area contributed by atoms with Gasteiger partial charge in [0.05, 0.1) is 0 Å². The van der Waals surface area contributed by atoms with Gasteiger partial charge in [-0.25, -0.2) is 0 Å². The van der Waals surface area contributed by atoms with Gasteiger partial charge in [0.2, 0.25) is 0 Å². The second-order valence-electron chi connectivity index (χ2n) is 3.19. The Labute approximate surface area is 91.9 Å². The molecule has 5 N–H and O–H groups in total. The van der Waals surface area contributed by atoms with Crippen LogP contribution in [-0.2, 0) is 0 Å². The van der Waals surface area contributed by atoms with Gasteiger partial charge in [0, 0.05) is 16.1 Å². The molecule has 0 spiro atoms. The molecule has 76 valence electrons. The maximum Gasteiger partial charge on any atom is 0.124 e. The average Bonchev–Trinajstić information content (AvgIpc) is 2.71. The summed E-state index contributed by atoms with van der Waals surface area (Å²) >= 11 is 1.65. The lowest BCUT2D eigenvalue weighted by Crippen LogP contribution is -2.13. The van der Waals surface area contributed by atoms with Crippen LogP contribution in [0.1, 0.15) is 5.56 Å². The molecule has 1 heterocycles. The normalized spacial score (nSPS) is 10.1. The Balaban J connectivity index is 2.52. The largest absolute Gasteiger partial charge is 0.398 e. The van der Waals surface area contributed by atoms with Gasteiger partial charge in [-0.1, -0.05) is 12.1 Å². The fraction of sp³-hybridized carbons (Fsp3) is 0. The minimum Gasteiger partial charge on any atom is -0.398 e. The Hall–Kier alpha value is -1.81. The fourth-order valence-electron chi connectivity index (χ4n) is 1.39. The van der Waals surface area contributed by atoms with Crippen molar-refractivity contribution in [3.05, 3.63) is 41.3 Å². The Kier molecular flexibility index (Phi) is 2.43. The van der Waals surface area contributed by atoms with Gasteiger partial charge in [-0.15, -0.1) is 11.3 Å². The minimum atomic E-state index is 0.00547. The maximum absolute atomic E-state index is 7.40. The molecule has 0 aliphatic rings. The number of benzene rings is 1. The van der Waals surface area contributed by atoms with E-state index in [0.29, 0.717) is 11.3 Å². The van der Waals surface area contributed by atoms with Crippen molar-refractivity contribution >= 4 is 22.9 Å². The predicted molar refractivity (Wildman–Crippen MR) is 65.2 cm³/mol. The van der Waals surface area contributed by atoms with Crippen LogP contribution >= 0.6 is 11.3 Å². The van der Waals surface area contributed by atoms with E-state index in [9.17, 15) is 0 Å². The highest BCUT2D eigenvalue weighted by molar-refractivity contribution is 7.13. The van der Waals surface area contributed by atoms with E-state index in [1.165, 1.54) is 0 Å². The van der Waals surface area contributed by atoms with Crippen LogP contribution in [0.4, 0.5) is 5.69 Å². The van der Waals surface area contributed by atoms with E-state index < -0.39 is 0 Å². The third kappa shape index (κ3) is 1.85. The molecule has 0 atom stereocenters. The molecule has 15 heavy (non-hydrogen) atoms. The first-order chi connectivity index (χ1) is 7.18. The lowest BCUT2D eigenvalue weighted by molar-refractivity contribution is 1.43. The van der Waals surface area contributed by atoms with Crippen molar-refractivity contribution in [2.75, 3.05) is 5.73 Å².